The number of primary amides is 1. The van der Waals surface area contributed by atoms with Gasteiger partial charge in [-0.3, -0.25) is 14.9 Å². The average Bonchev–Trinajstić information content (AvgIpc) is 2.16. The van der Waals surface area contributed by atoms with E-state index in [2.05, 4.69) is 10.3 Å². The third-order valence-electron chi connectivity index (χ3n) is 1.85. The maximum atomic E-state index is 10.8. The molecule has 1 aromatic heterocycles. The summed E-state index contributed by atoms with van der Waals surface area (Å²) in [6.07, 6.45) is 1.01. The summed E-state index contributed by atoms with van der Waals surface area (Å²) in [4.78, 5) is 24.4. The number of aromatic nitrogens is 1. The Kier molecular flexibility index (Phi) is 3.62. The number of halogens is 1. The van der Waals surface area contributed by atoms with E-state index in [0.29, 0.717) is 0 Å². The number of rotatable bonds is 4. The number of carbonyl (C=O) groups excluding carboxylic acids is 1. The fraction of sp³-hybridized carbons (Fsp3) is 0.250. The van der Waals surface area contributed by atoms with Crippen LogP contribution in [0.3, 0.4) is 0 Å². The van der Waals surface area contributed by atoms with Crippen LogP contribution in [-0.4, -0.2) is 21.9 Å². The van der Waals surface area contributed by atoms with Gasteiger partial charge in [0.25, 0.3) is 0 Å². The molecule has 0 saturated carbocycles. The zero-order valence-corrected chi connectivity index (χ0v) is 9.06. The number of nitrogens with two attached hydrogens (primary N) is 1. The Morgan fingerprint density at radius 1 is 1.75 bits per heavy atom. The summed E-state index contributed by atoms with van der Waals surface area (Å²) >= 11 is 5.59. The molecule has 0 spiro atoms. The second kappa shape index (κ2) is 4.75. The largest absolute Gasteiger partial charge is 0.368 e. The van der Waals surface area contributed by atoms with Gasteiger partial charge in [0.1, 0.15) is 23.1 Å². The van der Waals surface area contributed by atoms with Crippen LogP contribution < -0.4 is 11.1 Å². The molecule has 0 aliphatic carbocycles. The maximum absolute atomic E-state index is 10.8. The van der Waals surface area contributed by atoms with Crippen LogP contribution in [0.4, 0.5) is 11.4 Å². The third-order valence-corrected chi connectivity index (χ3v) is 2.05. The van der Waals surface area contributed by atoms with Crippen molar-refractivity contribution in [3.8, 4) is 0 Å². The van der Waals surface area contributed by atoms with Gasteiger partial charge in [-0.05, 0) is 6.92 Å². The number of nitro groups is 1. The van der Waals surface area contributed by atoms with E-state index in [1.807, 2.05) is 0 Å². The highest BCUT2D eigenvalue weighted by Crippen LogP contribution is 2.26. The molecule has 8 heteroatoms. The van der Waals surface area contributed by atoms with Crippen LogP contribution in [0, 0.1) is 10.1 Å². The van der Waals surface area contributed by atoms with Crippen molar-refractivity contribution in [1.29, 1.82) is 0 Å². The molecule has 1 heterocycles. The molecule has 7 nitrogen and oxygen atoms in total. The van der Waals surface area contributed by atoms with E-state index >= 15 is 0 Å². The van der Waals surface area contributed by atoms with Gasteiger partial charge in [-0.2, -0.15) is 0 Å². The molecule has 1 aromatic rings. The number of nitrogens with one attached hydrogen (secondary N) is 1. The minimum atomic E-state index is -0.739. The smallest absolute Gasteiger partial charge is 0.310 e. The normalized spacial score (nSPS) is 11.9. The fourth-order valence-electron chi connectivity index (χ4n) is 0.988. The predicted molar refractivity (Wildman–Crippen MR) is 58.2 cm³/mol. The van der Waals surface area contributed by atoms with E-state index in [-0.39, 0.29) is 16.5 Å². The molecule has 0 radical (unpaired) electrons. The van der Waals surface area contributed by atoms with Crippen molar-refractivity contribution in [2.45, 2.75) is 13.0 Å². The summed E-state index contributed by atoms with van der Waals surface area (Å²) in [6, 6.07) is 0.524. The lowest BCUT2D eigenvalue weighted by atomic mass is 10.2. The van der Waals surface area contributed by atoms with Crippen molar-refractivity contribution in [2.75, 3.05) is 5.32 Å². The van der Waals surface area contributed by atoms with Crippen molar-refractivity contribution in [3.05, 3.63) is 27.5 Å². The first kappa shape index (κ1) is 12.2. The number of anilines is 1. The van der Waals surface area contributed by atoms with E-state index < -0.39 is 16.9 Å². The minimum absolute atomic E-state index is 0.0878. The van der Waals surface area contributed by atoms with Crippen LogP contribution in [0.15, 0.2) is 12.3 Å². The lowest BCUT2D eigenvalue weighted by Crippen LogP contribution is -2.32. The molecule has 0 saturated heterocycles. The second-order valence-electron chi connectivity index (χ2n) is 3.05. The molecule has 1 amide bonds. The van der Waals surface area contributed by atoms with Gasteiger partial charge in [0, 0.05) is 6.07 Å². The Morgan fingerprint density at radius 2 is 2.38 bits per heavy atom. The molecule has 1 atom stereocenters. The molecule has 0 unspecified atom stereocenters. The number of nitrogens with zero attached hydrogens (tertiary/aromatic N) is 2. The first-order valence-corrected chi connectivity index (χ1v) is 4.65. The molecule has 1 rings (SSSR count). The van der Waals surface area contributed by atoms with E-state index in [4.69, 9.17) is 17.3 Å². The molecule has 0 fully saturated rings. The second-order valence-corrected chi connectivity index (χ2v) is 3.44. The van der Waals surface area contributed by atoms with Gasteiger partial charge in [-0.15, -0.1) is 0 Å². The Labute approximate surface area is 95.8 Å². The standard InChI is InChI=1S/C8H9ClN4O3/c1-4(8(10)14)12-5-2-7(9)11-3-6(5)13(15)16/h2-4H,1H3,(H2,10,14)(H,11,12)/t4-/m1/s1. The highest BCUT2D eigenvalue weighted by molar-refractivity contribution is 6.29. The first-order valence-electron chi connectivity index (χ1n) is 4.27. The van der Waals surface area contributed by atoms with Crippen LogP contribution in [0.1, 0.15) is 6.92 Å². The van der Waals surface area contributed by atoms with Crippen LogP contribution in [-0.2, 0) is 4.79 Å². The zero-order chi connectivity index (χ0) is 12.3. The van der Waals surface area contributed by atoms with Gasteiger partial charge in [-0.1, -0.05) is 11.6 Å². The predicted octanol–water partition coefficient (Wildman–Crippen LogP) is 0.929. The lowest BCUT2D eigenvalue weighted by Gasteiger charge is -2.11. The highest BCUT2D eigenvalue weighted by atomic mass is 35.5. The molecule has 0 aromatic carbocycles. The van der Waals surface area contributed by atoms with E-state index in [1.165, 1.54) is 13.0 Å². The highest BCUT2D eigenvalue weighted by Gasteiger charge is 2.18. The minimum Gasteiger partial charge on any atom is -0.368 e. The molecule has 0 aliphatic rings. The van der Waals surface area contributed by atoms with Crippen molar-refractivity contribution < 1.29 is 9.72 Å². The van der Waals surface area contributed by atoms with Gasteiger partial charge < -0.3 is 11.1 Å². The molecular weight excluding hydrogens is 236 g/mol. The van der Waals surface area contributed by atoms with E-state index in [9.17, 15) is 14.9 Å². The molecule has 0 bridgehead atoms. The van der Waals surface area contributed by atoms with Crippen molar-refractivity contribution in [3.63, 3.8) is 0 Å². The zero-order valence-electron chi connectivity index (χ0n) is 8.31. The van der Waals surface area contributed by atoms with Gasteiger partial charge >= 0.3 is 5.69 Å². The topological polar surface area (TPSA) is 111 Å². The van der Waals surface area contributed by atoms with Crippen LogP contribution in [0.5, 0.6) is 0 Å². The summed E-state index contributed by atoms with van der Waals surface area (Å²) < 4.78 is 0. The molecule has 3 N–H and O–H groups in total. The van der Waals surface area contributed by atoms with Crippen molar-refractivity contribution in [2.24, 2.45) is 5.73 Å². The molecule has 86 valence electrons. The summed E-state index contributed by atoms with van der Waals surface area (Å²) in [5.41, 5.74) is 4.87. The Hall–Kier alpha value is -1.89. The number of pyridine rings is 1. The average molecular weight is 245 g/mol. The molecular formula is C8H9ClN4O3. The van der Waals surface area contributed by atoms with Crippen LogP contribution in [0.25, 0.3) is 0 Å². The van der Waals surface area contributed by atoms with Crippen LogP contribution >= 0.6 is 11.6 Å². The van der Waals surface area contributed by atoms with Gasteiger partial charge in [0.2, 0.25) is 5.91 Å². The molecule has 16 heavy (non-hydrogen) atoms. The first-order chi connectivity index (χ1) is 7.41. The third kappa shape index (κ3) is 2.80. The Balaban J connectivity index is 3.05. The Bertz CT molecular complexity index is 437. The number of carbonyl (C=O) groups is 1. The fourth-order valence-corrected chi connectivity index (χ4v) is 1.15. The van der Waals surface area contributed by atoms with E-state index in [0.717, 1.165) is 6.20 Å². The quantitative estimate of drug-likeness (QED) is 0.465. The monoisotopic (exact) mass is 244 g/mol. The lowest BCUT2D eigenvalue weighted by molar-refractivity contribution is -0.384. The van der Waals surface area contributed by atoms with Crippen molar-refractivity contribution >= 4 is 28.9 Å². The van der Waals surface area contributed by atoms with Gasteiger partial charge in [-0.25, -0.2) is 4.98 Å². The number of amides is 1. The van der Waals surface area contributed by atoms with Gasteiger partial charge in [0.15, 0.2) is 0 Å². The molecule has 0 aliphatic heterocycles. The number of hydrogen-bond donors (Lipinski definition) is 2. The maximum Gasteiger partial charge on any atom is 0.310 e. The van der Waals surface area contributed by atoms with Crippen LogP contribution in [0.2, 0.25) is 5.15 Å². The number of hydrogen-bond acceptors (Lipinski definition) is 5. The summed E-state index contributed by atoms with van der Waals surface area (Å²) in [7, 11) is 0. The summed E-state index contributed by atoms with van der Waals surface area (Å²) in [6.45, 7) is 1.49. The van der Waals surface area contributed by atoms with Crippen molar-refractivity contribution in [1.82, 2.24) is 4.98 Å². The summed E-state index contributed by atoms with van der Waals surface area (Å²) in [5.74, 6) is -0.623. The Morgan fingerprint density at radius 3 is 2.88 bits per heavy atom. The van der Waals surface area contributed by atoms with E-state index in [1.54, 1.807) is 0 Å². The van der Waals surface area contributed by atoms with Gasteiger partial charge in [0.05, 0.1) is 4.92 Å². The SMILES string of the molecule is C[C@@H](Nc1cc(Cl)ncc1[N+](=O)[O-])C(N)=O. The summed E-state index contributed by atoms with van der Waals surface area (Å²) in [5, 5.41) is 13.3.